The highest BCUT2D eigenvalue weighted by Crippen LogP contribution is 2.46. The smallest absolute Gasteiger partial charge is 0.366 e. The molecule has 0 aromatic carbocycles. The van der Waals surface area contributed by atoms with E-state index in [2.05, 4.69) is 0 Å². The van der Waals surface area contributed by atoms with Gasteiger partial charge in [-0.15, -0.1) is 0 Å². The molecule has 0 aliphatic heterocycles. The van der Waals surface area contributed by atoms with E-state index < -0.39 is 70.1 Å². The molecule has 0 bridgehead atoms. The summed E-state index contributed by atoms with van der Waals surface area (Å²) in [6.07, 6.45) is -7.87. The number of aliphatic hydroxyl groups excluding tert-OH is 1. The summed E-state index contributed by atoms with van der Waals surface area (Å²) in [6.45, 7) is 0. The molecule has 0 spiro atoms. The van der Waals surface area contributed by atoms with Crippen molar-refractivity contribution >= 4 is 23.9 Å². The van der Waals surface area contributed by atoms with Crippen LogP contribution in [-0.2, 0) is 19.2 Å². The summed E-state index contributed by atoms with van der Waals surface area (Å²) in [5, 5.41) is 99.7. The lowest BCUT2D eigenvalue weighted by Crippen LogP contribution is -2.85. The van der Waals surface area contributed by atoms with Crippen molar-refractivity contribution in [1.29, 1.82) is 0 Å². The molecule has 2 atom stereocenters. The second kappa shape index (κ2) is 8.04. The van der Waals surface area contributed by atoms with E-state index >= 15 is 0 Å². The van der Waals surface area contributed by atoms with Gasteiger partial charge in [-0.3, -0.25) is 30.4 Å². The van der Waals surface area contributed by atoms with E-state index in [0.717, 1.165) is 0 Å². The minimum absolute atomic E-state index is 1.48. The molecule has 156 valence electrons. The number of hydrogen-bond donors (Lipinski definition) is 11. The Morgan fingerprint density at radius 2 is 1.15 bits per heavy atom. The Labute approximate surface area is 147 Å². The fourth-order valence-electron chi connectivity index (χ4n) is 2.67. The first-order chi connectivity index (χ1) is 12.0. The highest BCUT2D eigenvalue weighted by molar-refractivity contribution is 5.84. The number of hydrogen-bond acceptors (Lipinski definition) is 13. The summed E-state index contributed by atoms with van der Waals surface area (Å²) < 4.78 is 0. The largest absolute Gasteiger partial charge is 0.481 e. The topological polar surface area (TPSA) is 297 Å². The van der Waals surface area contributed by atoms with E-state index in [1.165, 1.54) is 0 Å². The molecule has 0 heterocycles. The summed E-state index contributed by atoms with van der Waals surface area (Å²) in [5.74, 6) is -15.0. The molecule has 0 aromatic rings. The van der Waals surface area contributed by atoms with Crippen molar-refractivity contribution < 1.29 is 75.8 Å². The van der Waals surface area contributed by atoms with Crippen LogP contribution in [-0.4, -0.2) is 114 Å². The average Bonchev–Trinajstić information content (AvgIpc) is 2.44. The number of carbonyl (C=O) groups is 4. The summed E-state index contributed by atoms with van der Waals surface area (Å²) in [6, 6.07) is 0. The molecule has 0 saturated carbocycles. The molecule has 2 unspecified atom stereocenters. The maximum atomic E-state index is 11.2. The minimum atomic E-state index is -4.90. The lowest BCUT2D eigenvalue weighted by atomic mass is 9.64. The van der Waals surface area contributed by atoms with E-state index in [-0.39, 0.29) is 0 Å². The van der Waals surface area contributed by atoms with Crippen molar-refractivity contribution in [2.24, 2.45) is 0 Å². The maximum absolute atomic E-state index is 11.2. The molecule has 0 aliphatic carbocycles. The molecule has 0 rings (SSSR count). The van der Waals surface area contributed by atoms with E-state index in [1.807, 2.05) is 0 Å². The third-order valence-corrected chi connectivity index (χ3v) is 3.75. The van der Waals surface area contributed by atoms with E-state index in [9.17, 15) is 55.3 Å². The normalized spacial score (nSPS) is 16.0. The third-order valence-electron chi connectivity index (χ3n) is 3.75. The second-order valence-electron chi connectivity index (χ2n) is 5.24. The van der Waals surface area contributed by atoms with Crippen LogP contribution < -0.4 is 0 Å². The van der Waals surface area contributed by atoms with Crippen LogP contribution in [0.25, 0.3) is 0 Å². The first-order valence-electron chi connectivity index (χ1n) is 6.41. The van der Waals surface area contributed by atoms with Crippen molar-refractivity contribution in [2.75, 3.05) is 0 Å². The van der Waals surface area contributed by atoms with Crippen LogP contribution in [0.4, 0.5) is 0 Å². The SMILES string of the molecule is O=C(O)CC(CC(=O)O)(N(O)O)C(C(O)C(=O)O)(N(O)O)C(O)(O)C(=O)O. The Balaban J connectivity index is 7.55. The Morgan fingerprint density at radius 3 is 1.33 bits per heavy atom. The van der Waals surface area contributed by atoms with Crippen molar-refractivity contribution in [3.8, 4) is 0 Å². The lowest BCUT2D eigenvalue weighted by molar-refractivity contribution is -0.486. The van der Waals surface area contributed by atoms with Crippen LogP contribution in [0.5, 0.6) is 0 Å². The predicted molar refractivity (Wildman–Crippen MR) is 69.2 cm³/mol. The predicted octanol–water partition coefficient (Wildman–Crippen LogP) is -4.21. The highest BCUT2D eigenvalue weighted by atomic mass is 16.8. The molecule has 0 saturated heterocycles. The molecule has 17 nitrogen and oxygen atoms in total. The summed E-state index contributed by atoms with van der Waals surface area (Å²) in [5.41, 5.74) is -8.62. The van der Waals surface area contributed by atoms with Gasteiger partial charge in [-0.2, -0.15) is 0 Å². The average molecular weight is 404 g/mol. The van der Waals surface area contributed by atoms with Crippen LogP contribution >= 0.6 is 0 Å². The fourth-order valence-corrected chi connectivity index (χ4v) is 2.67. The van der Waals surface area contributed by atoms with Gasteiger partial charge in [-0.25, -0.2) is 9.59 Å². The molecule has 0 fully saturated rings. The summed E-state index contributed by atoms with van der Waals surface area (Å²) in [4.78, 5) is 44.6. The Morgan fingerprint density at radius 1 is 0.778 bits per heavy atom. The fraction of sp³-hybridized carbons (Fsp3) is 0.600. The Hall–Kier alpha value is -2.48. The number of rotatable bonds is 11. The molecule has 11 N–H and O–H groups in total. The molecule has 17 heteroatoms. The van der Waals surface area contributed by atoms with Crippen molar-refractivity contribution in [1.82, 2.24) is 10.5 Å². The second-order valence-corrected chi connectivity index (χ2v) is 5.24. The minimum Gasteiger partial charge on any atom is -0.481 e. The van der Waals surface area contributed by atoms with Crippen molar-refractivity contribution in [3.63, 3.8) is 0 Å². The van der Waals surface area contributed by atoms with E-state index in [0.29, 0.717) is 0 Å². The van der Waals surface area contributed by atoms with Gasteiger partial charge in [-0.05, 0) is 0 Å². The summed E-state index contributed by atoms with van der Waals surface area (Å²) in [7, 11) is 0. The van der Waals surface area contributed by atoms with Crippen LogP contribution in [0.1, 0.15) is 12.8 Å². The Bertz CT molecular complexity index is 600. The van der Waals surface area contributed by atoms with Crippen LogP contribution in [0.3, 0.4) is 0 Å². The lowest BCUT2D eigenvalue weighted by Gasteiger charge is -2.55. The number of carboxylic acids is 4. The van der Waals surface area contributed by atoms with Gasteiger partial charge in [0, 0.05) is 0 Å². The zero-order chi connectivity index (χ0) is 22.0. The zero-order valence-corrected chi connectivity index (χ0v) is 12.9. The summed E-state index contributed by atoms with van der Waals surface area (Å²) >= 11 is 0. The zero-order valence-electron chi connectivity index (χ0n) is 12.9. The first-order valence-corrected chi connectivity index (χ1v) is 6.41. The molecule has 0 amide bonds. The number of carboxylic acid groups (broad SMARTS) is 4. The Kier molecular flexibility index (Phi) is 7.30. The van der Waals surface area contributed by atoms with E-state index in [1.54, 1.807) is 0 Å². The van der Waals surface area contributed by atoms with Gasteiger partial charge in [0.1, 0.15) is 5.54 Å². The highest BCUT2D eigenvalue weighted by Gasteiger charge is 2.78. The van der Waals surface area contributed by atoms with Gasteiger partial charge >= 0.3 is 23.9 Å². The number of hydroxylamine groups is 4. The molecule has 27 heavy (non-hydrogen) atoms. The third kappa shape index (κ3) is 3.80. The maximum Gasteiger partial charge on any atom is 0.366 e. The molecule has 0 aromatic heterocycles. The van der Waals surface area contributed by atoms with Gasteiger partial charge in [0.2, 0.25) is 0 Å². The van der Waals surface area contributed by atoms with Gasteiger partial charge < -0.3 is 35.7 Å². The van der Waals surface area contributed by atoms with Gasteiger partial charge in [0.05, 0.1) is 12.8 Å². The van der Waals surface area contributed by atoms with Gasteiger partial charge in [-0.1, -0.05) is 10.5 Å². The van der Waals surface area contributed by atoms with Crippen molar-refractivity contribution in [2.45, 2.75) is 35.8 Å². The van der Waals surface area contributed by atoms with E-state index in [4.69, 9.17) is 20.4 Å². The van der Waals surface area contributed by atoms with Crippen LogP contribution in [0, 0.1) is 0 Å². The first kappa shape index (κ1) is 24.5. The standard InChI is InChI=1S/C10H16N2O15/c13-3(14)1-8(11(24)25,2-4(15)16)9(12(26)27,5(17)6(18)19)10(22,23)7(20)21/h5,17,22-27H,1-2H2,(H,13,14)(H,15,16)(H,18,19)(H,20,21). The van der Waals surface area contributed by atoms with Crippen molar-refractivity contribution in [3.05, 3.63) is 0 Å². The van der Waals surface area contributed by atoms with Crippen LogP contribution in [0.2, 0.25) is 0 Å². The molecular formula is C10H16N2O15. The molecular weight excluding hydrogens is 388 g/mol. The van der Waals surface area contributed by atoms with Crippen LogP contribution in [0.15, 0.2) is 0 Å². The van der Waals surface area contributed by atoms with Gasteiger partial charge in [0.15, 0.2) is 11.6 Å². The molecule has 0 aliphatic rings. The monoisotopic (exact) mass is 404 g/mol. The number of nitrogens with zero attached hydrogens (tertiary/aromatic N) is 2. The number of aliphatic carboxylic acids is 4. The van der Waals surface area contributed by atoms with Gasteiger partial charge in [0.25, 0.3) is 5.79 Å². The number of aliphatic hydroxyl groups is 3. The molecule has 0 radical (unpaired) electrons. The quantitative estimate of drug-likeness (QED) is 0.115.